The molecule has 1 unspecified atom stereocenters. The fourth-order valence-electron chi connectivity index (χ4n) is 2.20. The van der Waals surface area contributed by atoms with Crippen molar-refractivity contribution in [1.82, 2.24) is 20.4 Å². The highest BCUT2D eigenvalue weighted by atomic mass is 16.5. The maximum absolute atomic E-state index is 11.9. The minimum atomic E-state index is -0.844. The van der Waals surface area contributed by atoms with Crippen LogP contribution in [0.5, 0.6) is 0 Å². The van der Waals surface area contributed by atoms with Crippen LogP contribution < -0.4 is 5.32 Å². The van der Waals surface area contributed by atoms with E-state index in [0.29, 0.717) is 25.2 Å². The van der Waals surface area contributed by atoms with Gasteiger partial charge < -0.3 is 19.8 Å². The Morgan fingerprint density at radius 1 is 1.63 bits per heavy atom. The van der Waals surface area contributed by atoms with E-state index in [-0.39, 0.29) is 19.1 Å². The van der Waals surface area contributed by atoms with Crippen molar-refractivity contribution in [2.24, 2.45) is 5.41 Å². The molecule has 2 rings (SSSR count). The van der Waals surface area contributed by atoms with Gasteiger partial charge in [0.15, 0.2) is 5.82 Å². The average molecular weight is 268 g/mol. The predicted octanol–water partition coefficient (Wildman–Crippen LogP) is 0.466. The highest BCUT2D eigenvalue weighted by molar-refractivity contribution is 5.79. The van der Waals surface area contributed by atoms with Crippen molar-refractivity contribution >= 4 is 12.0 Å². The highest BCUT2D eigenvalue weighted by Crippen LogP contribution is 2.34. The molecule has 0 aliphatic carbocycles. The van der Waals surface area contributed by atoms with Crippen LogP contribution in [-0.4, -0.2) is 45.2 Å². The fraction of sp³-hybridized carbons (Fsp3) is 0.636. The molecule has 2 N–H and O–H groups in total. The van der Waals surface area contributed by atoms with Crippen molar-refractivity contribution in [3.8, 4) is 0 Å². The largest absolute Gasteiger partial charge is 0.481 e. The van der Waals surface area contributed by atoms with E-state index in [2.05, 4.69) is 20.0 Å². The summed E-state index contributed by atoms with van der Waals surface area (Å²) in [5.74, 6) is -0.462. The number of aliphatic carboxylic acids is 1. The molecule has 8 nitrogen and oxygen atoms in total. The third-order valence-electron chi connectivity index (χ3n) is 3.58. The van der Waals surface area contributed by atoms with Gasteiger partial charge in [0.2, 0.25) is 6.39 Å². The van der Waals surface area contributed by atoms with Crippen molar-refractivity contribution < 1.29 is 19.2 Å². The molecule has 0 saturated carbocycles. The van der Waals surface area contributed by atoms with Gasteiger partial charge in [0.1, 0.15) is 0 Å². The molecule has 1 aromatic rings. The summed E-state index contributed by atoms with van der Waals surface area (Å²) in [6.45, 7) is 2.67. The molecule has 1 atom stereocenters. The summed E-state index contributed by atoms with van der Waals surface area (Å²) in [5.41, 5.74) is -0.816. The quantitative estimate of drug-likeness (QED) is 0.821. The average Bonchev–Trinajstić information content (AvgIpc) is 3.05. The Hall–Kier alpha value is -2.12. The number of urea groups is 1. The van der Waals surface area contributed by atoms with Gasteiger partial charge in [0, 0.05) is 13.1 Å². The van der Waals surface area contributed by atoms with Gasteiger partial charge in [-0.05, 0) is 12.8 Å². The summed E-state index contributed by atoms with van der Waals surface area (Å²) in [5, 5.41) is 15.5. The smallest absolute Gasteiger partial charge is 0.317 e. The lowest BCUT2D eigenvalue weighted by molar-refractivity contribution is -0.148. The zero-order valence-electron chi connectivity index (χ0n) is 10.6. The topological polar surface area (TPSA) is 109 Å². The van der Waals surface area contributed by atoms with Gasteiger partial charge in [-0.15, -0.1) is 0 Å². The molecule has 0 aromatic carbocycles. The molecule has 1 aromatic heterocycles. The first kappa shape index (κ1) is 13.3. The molecule has 0 bridgehead atoms. The van der Waals surface area contributed by atoms with Gasteiger partial charge >= 0.3 is 12.0 Å². The van der Waals surface area contributed by atoms with E-state index < -0.39 is 11.4 Å². The van der Waals surface area contributed by atoms with E-state index in [4.69, 9.17) is 0 Å². The molecular formula is C11H16N4O4. The number of carboxylic acid groups (broad SMARTS) is 1. The maximum Gasteiger partial charge on any atom is 0.317 e. The lowest BCUT2D eigenvalue weighted by Gasteiger charge is -2.23. The first-order valence-corrected chi connectivity index (χ1v) is 6.09. The Labute approximate surface area is 109 Å². The molecular weight excluding hydrogens is 252 g/mol. The number of carboxylic acids is 1. The van der Waals surface area contributed by atoms with Crippen molar-refractivity contribution in [2.75, 3.05) is 13.1 Å². The number of nitrogens with zero attached hydrogens (tertiary/aromatic N) is 3. The van der Waals surface area contributed by atoms with Crippen molar-refractivity contribution in [1.29, 1.82) is 0 Å². The van der Waals surface area contributed by atoms with Crippen LogP contribution in [0.1, 0.15) is 25.6 Å². The van der Waals surface area contributed by atoms with Crippen LogP contribution in [0.4, 0.5) is 4.79 Å². The molecule has 1 aliphatic rings. The molecule has 2 heterocycles. The van der Waals surface area contributed by atoms with E-state index in [0.717, 1.165) is 0 Å². The second-order valence-corrected chi connectivity index (χ2v) is 4.62. The lowest BCUT2D eigenvalue weighted by atomic mass is 9.84. The van der Waals surface area contributed by atoms with Crippen molar-refractivity contribution in [3.05, 3.63) is 12.2 Å². The van der Waals surface area contributed by atoms with Crippen LogP contribution >= 0.6 is 0 Å². The first-order valence-electron chi connectivity index (χ1n) is 6.09. The first-order chi connectivity index (χ1) is 9.07. The number of aromatic nitrogens is 2. The number of amides is 2. The molecule has 0 spiro atoms. The van der Waals surface area contributed by atoms with E-state index >= 15 is 0 Å². The van der Waals surface area contributed by atoms with Gasteiger partial charge in [-0.2, -0.15) is 4.98 Å². The molecule has 104 valence electrons. The number of carbonyl (C=O) groups excluding carboxylic acids is 1. The fourth-order valence-corrected chi connectivity index (χ4v) is 2.20. The van der Waals surface area contributed by atoms with Crippen LogP contribution in [0.2, 0.25) is 0 Å². The Kier molecular flexibility index (Phi) is 3.68. The predicted molar refractivity (Wildman–Crippen MR) is 63.1 cm³/mol. The second kappa shape index (κ2) is 5.25. The summed E-state index contributed by atoms with van der Waals surface area (Å²) in [4.78, 5) is 28.5. The van der Waals surface area contributed by atoms with Gasteiger partial charge in [-0.3, -0.25) is 4.79 Å². The highest BCUT2D eigenvalue weighted by Gasteiger charge is 2.44. The molecule has 8 heteroatoms. The molecule has 0 radical (unpaired) electrons. The zero-order chi connectivity index (χ0) is 13.9. The van der Waals surface area contributed by atoms with Crippen LogP contribution in [0.3, 0.4) is 0 Å². The molecule has 2 amide bonds. The minimum absolute atomic E-state index is 0.165. The van der Waals surface area contributed by atoms with Crippen LogP contribution in [0.15, 0.2) is 10.9 Å². The van der Waals surface area contributed by atoms with Crippen LogP contribution in [0.25, 0.3) is 0 Å². The zero-order valence-corrected chi connectivity index (χ0v) is 10.6. The monoisotopic (exact) mass is 268 g/mol. The normalized spacial score (nSPS) is 22.5. The summed E-state index contributed by atoms with van der Waals surface area (Å²) >= 11 is 0. The Balaban J connectivity index is 1.89. The summed E-state index contributed by atoms with van der Waals surface area (Å²) < 4.78 is 4.55. The van der Waals surface area contributed by atoms with Crippen LogP contribution in [-0.2, 0) is 11.3 Å². The SMILES string of the molecule is CCC1(C(=O)O)CCN(C(=O)NCc2ncon2)C1. The van der Waals surface area contributed by atoms with Gasteiger partial charge in [0.25, 0.3) is 0 Å². The number of nitrogens with one attached hydrogen (secondary N) is 1. The number of hydrogen-bond acceptors (Lipinski definition) is 5. The molecule has 1 aliphatic heterocycles. The van der Waals surface area contributed by atoms with Crippen molar-refractivity contribution in [2.45, 2.75) is 26.3 Å². The number of likely N-dealkylation sites (tertiary alicyclic amines) is 1. The molecule has 1 saturated heterocycles. The summed E-state index contributed by atoms with van der Waals surface area (Å²) in [6.07, 6.45) is 2.18. The number of carbonyl (C=O) groups is 2. The van der Waals surface area contributed by atoms with Crippen LogP contribution in [0, 0.1) is 5.41 Å². The third-order valence-corrected chi connectivity index (χ3v) is 3.58. The standard InChI is InChI=1S/C11H16N4O4/c1-2-11(9(16)17)3-4-15(6-11)10(18)12-5-8-13-7-19-14-8/h7H,2-6H2,1H3,(H,12,18)(H,16,17). The number of rotatable bonds is 4. The van der Waals surface area contributed by atoms with Gasteiger partial charge in [-0.1, -0.05) is 12.1 Å². The summed E-state index contributed by atoms with van der Waals surface area (Å²) in [6, 6.07) is -0.304. The maximum atomic E-state index is 11.9. The van der Waals surface area contributed by atoms with Crippen molar-refractivity contribution in [3.63, 3.8) is 0 Å². The molecule has 1 fully saturated rings. The van der Waals surface area contributed by atoms with Gasteiger partial charge in [0.05, 0.1) is 12.0 Å². The number of hydrogen-bond donors (Lipinski definition) is 2. The van der Waals surface area contributed by atoms with E-state index in [1.54, 1.807) is 0 Å². The minimum Gasteiger partial charge on any atom is -0.481 e. The van der Waals surface area contributed by atoms with E-state index in [9.17, 15) is 14.7 Å². The molecule has 19 heavy (non-hydrogen) atoms. The Morgan fingerprint density at radius 3 is 2.95 bits per heavy atom. The van der Waals surface area contributed by atoms with E-state index in [1.165, 1.54) is 11.3 Å². The third kappa shape index (κ3) is 2.67. The van der Waals surface area contributed by atoms with Gasteiger partial charge in [-0.25, -0.2) is 4.79 Å². The second-order valence-electron chi connectivity index (χ2n) is 4.62. The Morgan fingerprint density at radius 2 is 2.42 bits per heavy atom. The van der Waals surface area contributed by atoms with E-state index in [1.807, 2.05) is 6.92 Å². The Bertz CT molecular complexity index is 461. The lowest BCUT2D eigenvalue weighted by Crippen LogP contribution is -2.41. The summed E-state index contributed by atoms with van der Waals surface area (Å²) in [7, 11) is 0.